The lowest BCUT2D eigenvalue weighted by Gasteiger charge is -2.31. The predicted octanol–water partition coefficient (Wildman–Crippen LogP) is 3.43. The van der Waals surface area contributed by atoms with Crippen LogP contribution in [0.5, 0.6) is 5.75 Å². The topological polar surface area (TPSA) is 136 Å². The molecule has 2 aromatic heterocycles. The Labute approximate surface area is 190 Å². The molecule has 0 atom stereocenters. The fourth-order valence-electron chi connectivity index (χ4n) is 3.97. The molecule has 0 bridgehead atoms. The van der Waals surface area contributed by atoms with Gasteiger partial charge in [0.2, 0.25) is 5.95 Å². The Morgan fingerprint density at radius 3 is 2.73 bits per heavy atom. The van der Waals surface area contributed by atoms with Crippen LogP contribution in [0.1, 0.15) is 31.2 Å². The third-order valence-corrected chi connectivity index (χ3v) is 5.69. The quantitative estimate of drug-likeness (QED) is 0.427. The number of carbonyl (C=O) groups excluding carboxylic acids is 1. The van der Waals surface area contributed by atoms with Gasteiger partial charge in [-0.25, -0.2) is 9.78 Å². The van der Waals surface area contributed by atoms with E-state index in [-0.39, 0.29) is 30.1 Å². The molecule has 1 aliphatic rings. The molecule has 1 aromatic carbocycles. The van der Waals surface area contributed by atoms with Gasteiger partial charge in [-0.2, -0.15) is 0 Å². The molecule has 4 rings (SSSR count). The van der Waals surface area contributed by atoms with Crippen molar-refractivity contribution >= 4 is 28.8 Å². The Kier molecular flexibility index (Phi) is 6.29. The highest BCUT2D eigenvalue weighted by Crippen LogP contribution is 2.28. The zero-order valence-corrected chi connectivity index (χ0v) is 18.5. The van der Waals surface area contributed by atoms with Crippen LogP contribution < -0.4 is 5.32 Å². The Morgan fingerprint density at radius 1 is 1.27 bits per heavy atom. The normalized spacial score (nSPS) is 14.4. The molecule has 3 heterocycles. The van der Waals surface area contributed by atoms with Crippen LogP contribution in [-0.2, 0) is 11.3 Å². The third kappa shape index (κ3) is 4.81. The lowest BCUT2D eigenvalue weighted by molar-refractivity contribution is -0.384. The van der Waals surface area contributed by atoms with E-state index in [0.29, 0.717) is 55.2 Å². The van der Waals surface area contributed by atoms with Gasteiger partial charge < -0.3 is 24.6 Å². The number of benzene rings is 1. The first-order chi connectivity index (χ1) is 15.9. The van der Waals surface area contributed by atoms with Gasteiger partial charge in [0.1, 0.15) is 11.4 Å². The summed E-state index contributed by atoms with van der Waals surface area (Å²) in [6.07, 6.45) is 1.10. The van der Waals surface area contributed by atoms with Crippen molar-refractivity contribution in [3.05, 3.63) is 51.8 Å². The van der Waals surface area contributed by atoms with Gasteiger partial charge >= 0.3 is 6.09 Å². The number of piperidine rings is 1. The second-order valence-corrected chi connectivity index (χ2v) is 7.97. The maximum Gasteiger partial charge on any atom is 0.409 e. The van der Waals surface area contributed by atoms with Gasteiger partial charge in [0.15, 0.2) is 0 Å². The van der Waals surface area contributed by atoms with E-state index in [2.05, 4.69) is 15.3 Å². The van der Waals surface area contributed by atoms with Gasteiger partial charge in [-0.15, -0.1) is 0 Å². The van der Waals surface area contributed by atoms with Crippen LogP contribution in [0, 0.1) is 17.0 Å². The average molecular weight is 454 g/mol. The Hall–Kier alpha value is -3.89. The molecule has 1 aliphatic heterocycles. The monoisotopic (exact) mass is 454 g/mol. The number of aryl methyl sites for hydroxylation is 1. The number of nitrogens with zero attached hydrogens (tertiary/aromatic N) is 5. The summed E-state index contributed by atoms with van der Waals surface area (Å²) in [7, 11) is 0. The highest BCUT2D eigenvalue weighted by molar-refractivity contribution is 5.81. The number of amides is 1. The van der Waals surface area contributed by atoms with Crippen molar-refractivity contribution in [2.75, 3.05) is 25.0 Å². The van der Waals surface area contributed by atoms with Crippen molar-refractivity contribution in [2.45, 2.75) is 39.3 Å². The molecule has 174 valence electrons. The fraction of sp³-hybridized carbons (Fsp3) is 0.409. The number of non-ortho nitro benzene ring substituents is 1. The number of aromatic nitrogens is 3. The van der Waals surface area contributed by atoms with Gasteiger partial charge in [-0.1, -0.05) is 0 Å². The summed E-state index contributed by atoms with van der Waals surface area (Å²) in [4.78, 5) is 33.6. The van der Waals surface area contributed by atoms with Gasteiger partial charge in [0, 0.05) is 37.0 Å². The standard InChI is InChI=1S/C22H26N6O5/c1-3-33-22(30)26-10-8-15(9-11-26)24-21-25-17-6-5-16(28(31)32)12-19(17)27(21)13-18-20(29)7-4-14(2)23-18/h4-7,12,15,29H,3,8-11,13H2,1-2H3,(H,24,25). The van der Waals surface area contributed by atoms with E-state index in [1.807, 2.05) is 6.92 Å². The Morgan fingerprint density at radius 2 is 2.03 bits per heavy atom. The second kappa shape index (κ2) is 9.31. The molecule has 0 spiro atoms. The van der Waals surface area contributed by atoms with Crippen molar-refractivity contribution < 1.29 is 19.6 Å². The van der Waals surface area contributed by atoms with Gasteiger partial charge in [0.05, 0.1) is 29.1 Å². The van der Waals surface area contributed by atoms with E-state index in [1.54, 1.807) is 34.6 Å². The molecule has 3 aromatic rings. The summed E-state index contributed by atoms with van der Waals surface area (Å²) < 4.78 is 6.87. The van der Waals surface area contributed by atoms with E-state index in [4.69, 9.17) is 4.74 Å². The van der Waals surface area contributed by atoms with Crippen molar-refractivity contribution in [1.29, 1.82) is 0 Å². The first-order valence-corrected chi connectivity index (χ1v) is 10.8. The van der Waals surface area contributed by atoms with Crippen molar-refractivity contribution in [3.8, 4) is 5.75 Å². The molecule has 1 saturated heterocycles. The van der Waals surface area contributed by atoms with Crippen LogP contribution in [0.4, 0.5) is 16.4 Å². The van der Waals surface area contributed by atoms with Crippen LogP contribution in [0.25, 0.3) is 11.0 Å². The molecule has 0 radical (unpaired) electrons. The number of hydrogen-bond acceptors (Lipinski definition) is 8. The Bertz CT molecular complexity index is 1190. The fourth-order valence-corrected chi connectivity index (χ4v) is 3.97. The molecule has 1 fully saturated rings. The first kappa shape index (κ1) is 22.3. The first-order valence-electron chi connectivity index (χ1n) is 10.8. The number of pyridine rings is 1. The molecule has 2 N–H and O–H groups in total. The summed E-state index contributed by atoms with van der Waals surface area (Å²) >= 11 is 0. The highest BCUT2D eigenvalue weighted by Gasteiger charge is 2.25. The zero-order valence-electron chi connectivity index (χ0n) is 18.5. The maximum absolute atomic E-state index is 12.0. The maximum atomic E-state index is 12.0. The summed E-state index contributed by atoms with van der Waals surface area (Å²) in [5.41, 5.74) is 2.32. The summed E-state index contributed by atoms with van der Waals surface area (Å²) in [6.45, 7) is 5.26. The highest BCUT2D eigenvalue weighted by atomic mass is 16.6. The smallest absolute Gasteiger partial charge is 0.409 e. The number of ether oxygens (including phenoxy) is 1. The summed E-state index contributed by atoms with van der Waals surface area (Å²) in [6, 6.07) is 7.86. The van der Waals surface area contributed by atoms with Crippen LogP contribution in [0.3, 0.4) is 0 Å². The summed E-state index contributed by atoms with van der Waals surface area (Å²) in [5, 5.41) is 25.1. The average Bonchev–Trinajstić information content (AvgIpc) is 3.13. The van der Waals surface area contributed by atoms with Gasteiger partial charge in [-0.05, 0) is 44.9 Å². The Balaban J connectivity index is 1.63. The number of aromatic hydroxyl groups is 1. The lowest BCUT2D eigenvalue weighted by Crippen LogP contribution is -2.42. The molecule has 11 heteroatoms. The number of carbonyl (C=O) groups is 1. The molecule has 33 heavy (non-hydrogen) atoms. The van der Waals surface area contributed by atoms with Crippen LogP contribution >= 0.6 is 0 Å². The minimum absolute atomic E-state index is 0.0423. The molecular formula is C22H26N6O5. The predicted molar refractivity (Wildman–Crippen MR) is 121 cm³/mol. The number of likely N-dealkylation sites (tertiary alicyclic amines) is 1. The van der Waals surface area contributed by atoms with E-state index in [0.717, 1.165) is 5.69 Å². The van der Waals surface area contributed by atoms with Gasteiger partial charge in [0.25, 0.3) is 5.69 Å². The number of nitro benzene ring substituents is 1. The molecule has 0 aliphatic carbocycles. The molecule has 11 nitrogen and oxygen atoms in total. The van der Waals surface area contributed by atoms with E-state index < -0.39 is 4.92 Å². The van der Waals surface area contributed by atoms with E-state index in [9.17, 15) is 20.0 Å². The van der Waals surface area contributed by atoms with Crippen molar-refractivity contribution in [1.82, 2.24) is 19.4 Å². The number of anilines is 1. The number of nitro groups is 1. The number of hydrogen-bond donors (Lipinski definition) is 2. The van der Waals surface area contributed by atoms with Crippen molar-refractivity contribution in [2.24, 2.45) is 0 Å². The summed E-state index contributed by atoms with van der Waals surface area (Å²) in [5.74, 6) is 0.573. The zero-order chi connectivity index (χ0) is 23.5. The molecule has 0 saturated carbocycles. The second-order valence-electron chi connectivity index (χ2n) is 7.97. The van der Waals surface area contributed by atoms with E-state index >= 15 is 0 Å². The van der Waals surface area contributed by atoms with Crippen molar-refractivity contribution in [3.63, 3.8) is 0 Å². The minimum Gasteiger partial charge on any atom is -0.506 e. The number of imidazole rings is 1. The molecule has 0 unspecified atom stereocenters. The van der Waals surface area contributed by atoms with Crippen LogP contribution in [0.15, 0.2) is 30.3 Å². The van der Waals surface area contributed by atoms with Crippen LogP contribution in [0.2, 0.25) is 0 Å². The SMILES string of the molecule is CCOC(=O)N1CCC(Nc2nc3ccc([N+](=O)[O-])cc3n2Cc2nc(C)ccc2O)CC1. The lowest BCUT2D eigenvalue weighted by atomic mass is 10.1. The number of fused-ring (bicyclic) bond motifs is 1. The number of nitrogens with one attached hydrogen (secondary N) is 1. The van der Waals surface area contributed by atoms with Crippen LogP contribution in [-0.4, -0.2) is 61.3 Å². The van der Waals surface area contributed by atoms with E-state index in [1.165, 1.54) is 12.1 Å². The van der Waals surface area contributed by atoms with Gasteiger partial charge in [-0.3, -0.25) is 15.1 Å². The molecule has 1 amide bonds. The number of rotatable bonds is 6. The largest absolute Gasteiger partial charge is 0.506 e. The molecular weight excluding hydrogens is 428 g/mol. The third-order valence-electron chi connectivity index (χ3n) is 5.69. The minimum atomic E-state index is -0.447.